The molecule has 0 atom stereocenters. The van der Waals surface area contributed by atoms with Crippen LogP contribution in [0.25, 0.3) is 0 Å². The van der Waals surface area contributed by atoms with Gasteiger partial charge in [0.1, 0.15) is 0 Å². The number of pyridine rings is 1. The third-order valence-corrected chi connectivity index (χ3v) is 5.56. The SMILES string of the molecule is C/C(=N/NC(=O)c1cccnc1)c1ccc(S(=O)(=O)NCc2ccccc2)cc1. The van der Waals surface area contributed by atoms with E-state index in [0.717, 1.165) is 5.56 Å². The van der Waals surface area contributed by atoms with E-state index >= 15 is 0 Å². The van der Waals surface area contributed by atoms with Crippen molar-refractivity contribution in [1.82, 2.24) is 15.1 Å². The first-order chi connectivity index (χ1) is 14.0. The Labute approximate surface area is 169 Å². The monoisotopic (exact) mass is 408 g/mol. The summed E-state index contributed by atoms with van der Waals surface area (Å²) in [5, 5.41) is 4.06. The van der Waals surface area contributed by atoms with Gasteiger partial charge in [-0.3, -0.25) is 9.78 Å². The van der Waals surface area contributed by atoms with Crippen LogP contribution in [-0.2, 0) is 16.6 Å². The number of hydrazone groups is 1. The summed E-state index contributed by atoms with van der Waals surface area (Å²) in [7, 11) is -3.63. The summed E-state index contributed by atoms with van der Waals surface area (Å²) in [5.41, 5.74) is 4.97. The average molecular weight is 408 g/mol. The maximum Gasteiger partial charge on any atom is 0.272 e. The molecule has 148 valence electrons. The van der Waals surface area contributed by atoms with Gasteiger partial charge in [-0.25, -0.2) is 18.6 Å². The summed E-state index contributed by atoms with van der Waals surface area (Å²) in [6.07, 6.45) is 3.03. The smallest absolute Gasteiger partial charge is 0.267 e. The fourth-order valence-corrected chi connectivity index (χ4v) is 3.51. The van der Waals surface area contributed by atoms with Crippen LogP contribution < -0.4 is 10.1 Å². The van der Waals surface area contributed by atoms with Crippen LogP contribution in [0.4, 0.5) is 0 Å². The molecule has 0 spiro atoms. The Morgan fingerprint density at radius 1 is 0.966 bits per heavy atom. The molecule has 0 bridgehead atoms. The zero-order valence-corrected chi connectivity index (χ0v) is 16.6. The van der Waals surface area contributed by atoms with Gasteiger partial charge in [-0.05, 0) is 42.3 Å². The fourth-order valence-electron chi connectivity index (χ4n) is 2.49. The van der Waals surface area contributed by atoms with Gasteiger partial charge in [-0.15, -0.1) is 0 Å². The van der Waals surface area contributed by atoms with Gasteiger partial charge in [0, 0.05) is 18.9 Å². The summed E-state index contributed by atoms with van der Waals surface area (Å²) in [5.74, 6) is -0.373. The summed E-state index contributed by atoms with van der Waals surface area (Å²) >= 11 is 0. The van der Waals surface area contributed by atoms with E-state index in [4.69, 9.17) is 0 Å². The van der Waals surface area contributed by atoms with E-state index in [9.17, 15) is 13.2 Å². The van der Waals surface area contributed by atoms with Crippen molar-refractivity contribution in [2.45, 2.75) is 18.4 Å². The third kappa shape index (κ3) is 5.56. The molecule has 0 aliphatic carbocycles. The first kappa shape index (κ1) is 20.4. The van der Waals surface area contributed by atoms with E-state index in [-0.39, 0.29) is 17.3 Å². The summed E-state index contributed by atoms with van der Waals surface area (Å²) in [4.78, 5) is 16.1. The first-order valence-corrected chi connectivity index (χ1v) is 10.3. The molecule has 8 heteroatoms. The van der Waals surface area contributed by atoms with Crippen LogP contribution in [0, 0.1) is 0 Å². The Kier molecular flexibility index (Phi) is 6.48. The number of sulfonamides is 1. The van der Waals surface area contributed by atoms with Gasteiger partial charge in [0.2, 0.25) is 10.0 Å². The topological polar surface area (TPSA) is 101 Å². The van der Waals surface area contributed by atoms with Crippen molar-refractivity contribution in [3.05, 3.63) is 95.8 Å². The van der Waals surface area contributed by atoms with E-state index in [2.05, 4.69) is 20.2 Å². The number of nitrogens with zero attached hydrogens (tertiary/aromatic N) is 2. The molecule has 2 N–H and O–H groups in total. The lowest BCUT2D eigenvalue weighted by Crippen LogP contribution is -2.23. The van der Waals surface area contributed by atoms with Gasteiger partial charge in [-0.2, -0.15) is 5.10 Å². The van der Waals surface area contributed by atoms with E-state index < -0.39 is 10.0 Å². The lowest BCUT2D eigenvalue weighted by Gasteiger charge is -2.08. The van der Waals surface area contributed by atoms with Crippen LogP contribution in [0.5, 0.6) is 0 Å². The molecule has 1 heterocycles. The Hall–Kier alpha value is -3.36. The molecular formula is C21H20N4O3S. The second-order valence-electron chi connectivity index (χ2n) is 6.21. The van der Waals surface area contributed by atoms with E-state index in [1.807, 2.05) is 30.3 Å². The van der Waals surface area contributed by atoms with Crippen LogP contribution >= 0.6 is 0 Å². The van der Waals surface area contributed by atoms with Gasteiger partial charge < -0.3 is 0 Å². The van der Waals surface area contributed by atoms with Crippen molar-refractivity contribution in [2.24, 2.45) is 5.10 Å². The highest BCUT2D eigenvalue weighted by Crippen LogP contribution is 2.12. The van der Waals surface area contributed by atoms with E-state index in [1.54, 1.807) is 37.4 Å². The Morgan fingerprint density at radius 3 is 2.34 bits per heavy atom. The number of hydrogen-bond acceptors (Lipinski definition) is 5. The average Bonchev–Trinajstić information content (AvgIpc) is 2.77. The molecule has 0 saturated carbocycles. The second-order valence-corrected chi connectivity index (χ2v) is 7.98. The Balaban J connectivity index is 1.64. The normalized spacial score (nSPS) is 11.8. The van der Waals surface area contributed by atoms with Crippen LogP contribution in [-0.4, -0.2) is 25.0 Å². The van der Waals surface area contributed by atoms with Crippen molar-refractivity contribution in [1.29, 1.82) is 0 Å². The van der Waals surface area contributed by atoms with Crippen LogP contribution in [0.2, 0.25) is 0 Å². The maximum atomic E-state index is 12.5. The molecule has 3 aromatic rings. The van der Waals surface area contributed by atoms with Crippen molar-refractivity contribution < 1.29 is 13.2 Å². The minimum Gasteiger partial charge on any atom is -0.267 e. The minimum absolute atomic E-state index is 0.157. The second kappa shape index (κ2) is 9.22. The van der Waals surface area contributed by atoms with Gasteiger partial charge in [-0.1, -0.05) is 42.5 Å². The highest BCUT2D eigenvalue weighted by Gasteiger charge is 2.14. The molecule has 2 aromatic carbocycles. The first-order valence-electron chi connectivity index (χ1n) is 8.84. The molecule has 7 nitrogen and oxygen atoms in total. The highest BCUT2D eigenvalue weighted by atomic mass is 32.2. The summed E-state index contributed by atoms with van der Waals surface area (Å²) in [6, 6.07) is 18.9. The Bertz CT molecular complexity index is 1100. The number of aromatic nitrogens is 1. The van der Waals surface area contributed by atoms with Gasteiger partial charge in [0.15, 0.2) is 0 Å². The lowest BCUT2D eigenvalue weighted by molar-refractivity contribution is 0.0954. The van der Waals surface area contributed by atoms with Crippen LogP contribution in [0.3, 0.4) is 0 Å². The number of carbonyl (C=O) groups excluding carboxylic acids is 1. The van der Waals surface area contributed by atoms with Gasteiger partial charge in [0.05, 0.1) is 16.2 Å². The molecule has 0 fully saturated rings. The molecule has 0 aliphatic rings. The van der Waals surface area contributed by atoms with E-state index in [1.165, 1.54) is 18.3 Å². The lowest BCUT2D eigenvalue weighted by atomic mass is 10.1. The number of benzene rings is 2. The number of hydrogen-bond donors (Lipinski definition) is 2. The molecular weight excluding hydrogens is 388 g/mol. The molecule has 29 heavy (non-hydrogen) atoms. The highest BCUT2D eigenvalue weighted by molar-refractivity contribution is 7.89. The van der Waals surface area contributed by atoms with Crippen molar-refractivity contribution >= 4 is 21.6 Å². The maximum absolute atomic E-state index is 12.5. The predicted octanol–water partition coefficient (Wildman–Crippen LogP) is 2.71. The van der Waals surface area contributed by atoms with Crippen molar-refractivity contribution in [3.8, 4) is 0 Å². The molecule has 1 amide bonds. The summed E-state index contributed by atoms with van der Waals surface area (Å²) < 4.78 is 27.5. The van der Waals surface area contributed by atoms with Crippen LogP contribution in [0.1, 0.15) is 28.4 Å². The zero-order valence-electron chi connectivity index (χ0n) is 15.7. The molecule has 3 rings (SSSR count). The largest absolute Gasteiger partial charge is 0.272 e. The fraction of sp³-hybridized carbons (Fsp3) is 0.0952. The number of carbonyl (C=O) groups is 1. The van der Waals surface area contributed by atoms with Gasteiger partial charge >= 0.3 is 0 Å². The number of nitrogens with one attached hydrogen (secondary N) is 2. The molecule has 0 radical (unpaired) electrons. The van der Waals surface area contributed by atoms with Crippen molar-refractivity contribution in [2.75, 3.05) is 0 Å². The molecule has 0 aliphatic heterocycles. The third-order valence-electron chi connectivity index (χ3n) is 4.14. The standard InChI is InChI=1S/C21H20N4O3S/c1-16(24-25-21(26)19-8-5-13-22-15-19)18-9-11-20(12-10-18)29(27,28)23-14-17-6-3-2-4-7-17/h2-13,15,23H,14H2,1H3,(H,25,26)/b24-16-. The zero-order chi connectivity index (χ0) is 20.7. The molecule has 1 aromatic heterocycles. The Morgan fingerprint density at radius 2 is 1.69 bits per heavy atom. The van der Waals surface area contributed by atoms with Crippen LogP contribution in [0.15, 0.2) is 89.1 Å². The number of rotatable bonds is 7. The molecule has 0 unspecified atom stereocenters. The number of amides is 1. The summed E-state index contributed by atoms with van der Waals surface area (Å²) in [6.45, 7) is 1.94. The van der Waals surface area contributed by atoms with E-state index in [0.29, 0.717) is 16.8 Å². The van der Waals surface area contributed by atoms with Crippen molar-refractivity contribution in [3.63, 3.8) is 0 Å². The quantitative estimate of drug-likeness (QED) is 0.464. The minimum atomic E-state index is -3.63. The predicted molar refractivity (Wildman–Crippen MR) is 111 cm³/mol. The van der Waals surface area contributed by atoms with Gasteiger partial charge in [0.25, 0.3) is 5.91 Å². The molecule has 0 saturated heterocycles.